The highest BCUT2D eigenvalue weighted by Crippen LogP contribution is 2.19. The molecule has 0 aliphatic heterocycles. The zero-order valence-corrected chi connectivity index (χ0v) is 11.6. The minimum atomic E-state index is -0.783. The molecule has 1 rings (SSSR count). The van der Waals surface area contributed by atoms with E-state index >= 15 is 0 Å². The Morgan fingerprint density at radius 2 is 1.95 bits per heavy atom. The van der Waals surface area contributed by atoms with Crippen molar-refractivity contribution < 1.29 is 15.0 Å². The smallest absolute Gasteiger partial charge is 0.303 e. The molecule has 1 aromatic rings. The number of nitrogens with one attached hydrogen (secondary N) is 1. The standard InChI is InChI=1S/C15H23NO3/c1-3-13(16-10-4-5-14(17)18)15(19)12-8-6-11(2)7-9-12/h6-9,13,15-16,19H,3-5,10H2,1-2H3,(H,17,18). The van der Waals surface area contributed by atoms with Gasteiger partial charge in [0.2, 0.25) is 0 Å². The zero-order chi connectivity index (χ0) is 14.3. The van der Waals surface area contributed by atoms with Gasteiger partial charge in [-0.15, -0.1) is 0 Å². The normalized spacial score (nSPS) is 14.1. The monoisotopic (exact) mass is 265 g/mol. The van der Waals surface area contributed by atoms with Crippen molar-refractivity contribution in [2.45, 2.75) is 45.3 Å². The lowest BCUT2D eigenvalue weighted by Gasteiger charge is -2.23. The fraction of sp³-hybridized carbons (Fsp3) is 0.533. The van der Waals surface area contributed by atoms with Gasteiger partial charge in [-0.2, -0.15) is 0 Å². The minimum absolute atomic E-state index is 0.0449. The van der Waals surface area contributed by atoms with Crippen LogP contribution in [0.5, 0.6) is 0 Å². The van der Waals surface area contributed by atoms with E-state index in [0.29, 0.717) is 13.0 Å². The number of benzene rings is 1. The molecule has 2 unspecified atom stereocenters. The van der Waals surface area contributed by atoms with Crippen molar-refractivity contribution in [1.82, 2.24) is 5.32 Å². The molecule has 106 valence electrons. The average molecular weight is 265 g/mol. The molecule has 0 bridgehead atoms. The molecule has 0 aliphatic carbocycles. The van der Waals surface area contributed by atoms with Crippen molar-refractivity contribution in [3.63, 3.8) is 0 Å². The van der Waals surface area contributed by atoms with Gasteiger partial charge in [-0.05, 0) is 31.9 Å². The van der Waals surface area contributed by atoms with E-state index in [0.717, 1.165) is 12.0 Å². The third-order valence-electron chi connectivity index (χ3n) is 3.21. The van der Waals surface area contributed by atoms with Crippen LogP contribution in [-0.2, 0) is 4.79 Å². The van der Waals surface area contributed by atoms with Crippen molar-refractivity contribution in [1.29, 1.82) is 0 Å². The molecule has 3 N–H and O–H groups in total. The minimum Gasteiger partial charge on any atom is -0.481 e. The molecule has 0 heterocycles. The first-order chi connectivity index (χ1) is 9.04. The first-order valence-electron chi connectivity index (χ1n) is 6.74. The molecule has 4 nitrogen and oxygen atoms in total. The van der Waals surface area contributed by atoms with Gasteiger partial charge in [-0.1, -0.05) is 36.8 Å². The Morgan fingerprint density at radius 1 is 1.32 bits per heavy atom. The maximum Gasteiger partial charge on any atom is 0.303 e. The molecule has 19 heavy (non-hydrogen) atoms. The van der Waals surface area contributed by atoms with Gasteiger partial charge in [0.05, 0.1) is 6.10 Å². The second-order valence-corrected chi connectivity index (χ2v) is 4.82. The summed E-state index contributed by atoms with van der Waals surface area (Å²) in [5, 5.41) is 22.1. The van der Waals surface area contributed by atoms with Gasteiger partial charge in [0.1, 0.15) is 0 Å². The lowest BCUT2D eigenvalue weighted by Crippen LogP contribution is -2.35. The summed E-state index contributed by atoms with van der Waals surface area (Å²) in [6.07, 6.45) is 0.967. The number of hydrogen-bond donors (Lipinski definition) is 3. The van der Waals surface area contributed by atoms with Crippen LogP contribution in [0.4, 0.5) is 0 Å². The zero-order valence-electron chi connectivity index (χ0n) is 11.6. The summed E-state index contributed by atoms with van der Waals surface area (Å²) in [7, 11) is 0. The number of aliphatic carboxylic acids is 1. The number of aliphatic hydroxyl groups excluding tert-OH is 1. The van der Waals surface area contributed by atoms with Crippen LogP contribution in [0, 0.1) is 6.92 Å². The SMILES string of the molecule is CCC(NCCCC(=O)O)C(O)c1ccc(C)cc1. The van der Waals surface area contributed by atoms with Crippen molar-refractivity contribution in [2.75, 3.05) is 6.54 Å². The van der Waals surface area contributed by atoms with Crippen LogP contribution in [0.25, 0.3) is 0 Å². The Hall–Kier alpha value is -1.39. The number of carboxylic acid groups (broad SMARTS) is 1. The molecule has 0 aliphatic rings. The molecule has 4 heteroatoms. The number of aryl methyl sites for hydroxylation is 1. The van der Waals surface area contributed by atoms with E-state index in [1.165, 1.54) is 5.56 Å². The average Bonchev–Trinajstić information content (AvgIpc) is 2.39. The van der Waals surface area contributed by atoms with Crippen LogP contribution in [0.3, 0.4) is 0 Å². The van der Waals surface area contributed by atoms with Gasteiger partial charge >= 0.3 is 5.97 Å². The molecular weight excluding hydrogens is 242 g/mol. The highest BCUT2D eigenvalue weighted by Gasteiger charge is 2.18. The van der Waals surface area contributed by atoms with Crippen LogP contribution in [0.15, 0.2) is 24.3 Å². The topological polar surface area (TPSA) is 69.6 Å². The Morgan fingerprint density at radius 3 is 2.47 bits per heavy atom. The third kappa shape index (κ3) is 5.41. The molecule has 0 saturated carbocycles. The molecular formula is C15H23NO3. The van der Waals surface area contributed by atoms with Gasteiger partial charge in [-0.3, -0.25) is 4.79 Å². The largest absolute Gasteiger partial charge is 0.481 e. The van der Waals surface area contributed by atoms with Crippen LogP contribution in [0.2, 0.25) is 0 Å². The number of hydrogen-bond acceptors (Lipinski definition) is 3. The predicted molar refractivity (Wildman–Crippen MR) is 75.1 cm³/mol. The van der Waals surface area contributed by atoms with Crippen molar-refractivity contribution in [2.24, 2.45) is 0 Å². The van der Waals surface area contributed by atoms with Gasteiger partial charge in [0.25, 0.3) is 0 Å². The van der Waals surface area contributed by atoms with Crippen LogP contribution < -0.4 is 5.32 Å². The molecule has 2 atom stereocenters. The highest BCUT2D eigenvalue weighted by molar-refractivity contribution is 5.66. The van der Waals surface area contributed by atoms with E-state index in [2.05, 4.69) is 5.32 Å². The Bertz CT molecular complexity index is 389. The van der Waals surface area contributed by atoms with Crippen LogP contribution >= 0.6 is 0 Å². The quantitative estimate of drug-likeness (QED) is 0.631. The Balaban J connectivity index is 2.49. The molecule has 0 spiro atoms. The summed E-state index contributed by atoms with van der Waals surface area (Å²) in [5.74, 6) is -0.783. The van der Waals surface area contributed by atoms with Gasteiger partial charge < -0.3 is 15.5 Å². The van der Waals surface area contributed by atoms with Crippen molar-refractivity contribution in [3.05, 3.63) is 35.4 Å². The second kappa shape index (κ2) is 7.92. The van der Waals surface area contributed by atoms with Gasteiger partial charge in [-0.25, -0.2) is 0 Å². The Labute approximate surface area is 114 Å². The molecule has 0 amide bonds. The summed E-state index contributed by atoms with van der Waals surface area (Å²) in [6, 6.07) is 7.78. The van der Waals surface area contributed by atoms with Gasteiger partial charge in [0, 0.05) is 12.5 Å². The number of carbonyl (C=O) groups is 1. The third-order valence-corrected chi connectivity index (χ3v) is 3.21. The van der Waals surface area contributed by atoms with Gasteiger partial charge in [0.15, 0.2) is 0 Å². The number of carboxylic acids is 1. The van der Waals surface area contributed by atoms with Crippen molar-refractivity contribution in [3.8, 4) is 0 Å². The van der Waals surface area contributed by atoms with Crippen molar-refractivity contribution >= 4 is 5.97 Å². The van der Waals surface area contributed by atoms with Crippen LogP contribution in [-0.4, -0.2) is 28.8 Å². The lowest BCUT2D eigenvalue weighted by atomic mass is 9.99. The summed E-state index contributed by atoms with van der Waals surface area (Å²) in [6.45, 7) is 4.62. The Kier molecular flexibility index (Phi) is 6.53. The summed E-state index contributed by atoms with van der Waals surface area (Å²) in [4.78, 5) is 10.4. The van der Waals surface area contributed by atoms with E-state index in [1.807, 2.05) is 38.1 Å². The number of aliphatic hydroxyl groups is 1. The first-order valence-corrected chi connectivity index (χ1v) is 6.74. The van der Waals surface area contributed by atoms with E-state index in [9.17, 15) is 9.90 Å². The maximum absolute atomic E-state index is 10.4. The molecule has 0 aromatic heterocycles. The van der Waals surface area contributed by atoms with E-state index in [-0.39, 0.29) is 12.5 Å². The fourth-order valence-corrected chi connectivity index (χ4v) is 2.00. The highest BCUT2D eigenvalue weighted by atomic mass is 16.4. The fourth-order valence-electron chi connectivity index (χ4n) is 2.00. The molecule has 1 aromatic carbocycles. The number of rotatable bonds is 8. The van der Waals surface area contributed by atoms with E-state index in [4.69, 9.17) is 5.11 Å². The maximum atomic E-state index is 10.4. The molecule has 0 fully saturated rings. The molecule has 0 saturated heterocycles. The second-order valence-electron chi connectivity index (χ2n) is 4.82. The van der Waals surface area contributed by atoms with Crippen LogP contribution in [0.1, 0.15) is 43.4 Å². The first kappa shape index (κ1) is 15.7. The van der Waals surface area contributed by atoms with E-state index in [1.54, 1.807) is 0 Å². The summed E-state index contributed by atoms with van der Waals surface area (Å²) in [5.41, 5.74) is 2.06. The van der Waals surface area contributed by atoms with E-state index < -0.39 is 12.1 Å². The summed E-state index contributed by atoms with van der Waals surface area (Å²) < 4.78 is 0. The molecule has 0 radical (unpaired) electrons. The predicted octanol–water partition coefficient (Wildman–Crippen LogP) is 2.26. The lowest BCUT2D eigenvalue weighted by molar-refractivity contribution is -0.137. The summed E-state index contributed by atoms with van der Waals surface area (Å²) >= 11 is 0.